The molecule has 1 N–H and O–H groups in total. The van der Waals surface area contributed by atoms with Crippen LogP contribution in [0.1, 0.15) is 46.8 Å². The Kier molecular flexibility index (Phi) is 6.21. The van der Waals surface area contributed by atoms with Crippen molar-refractivity contribution in [1.29, 1.82) is 0 Å². The lowest BCUT2D eigenvalue weighted by Crippen LogP contribution is -2.14. The van der Waals surface area contributed by atoms with Gasteiger partial charge in [0.15, 0.2) is 5.78 Å². The van der Waals surface area contributed by atoms with E-state index in [4.69, 9.17) is 21.4 Å². The number of carbonyl (C=O) groups is 2. The molecule has 0 saturated carbocycles. The van der Waals surface area contributed by atoms with Crippen molar-refractivity contribution < 1.29 is 19.4 Å². The summed E-state index contributed by atoms with van der Waals surface area (Å²) in [5, 5.41) is 9.17. The van der Waals surface area contributed by atoms with E-state index in [0.717, 1.165) is 5.56 Å². The van der Waals surface area contributed by atoms with E-state index in [9.17, 15) is 9.59 Å². The van der Waals surface area contributed by atoms with E-state index >= 15 is 0 Å². The molecule has 0 aliphatic heterocycles. The number of halogens is 1. The van der Waals surface area contributed by atoms with Gasteiger partial charge in [-0.3, -0.25) is 4.79 Å². The van der Waals surface area contributed by atoms with Gasteiger partial charge in [-0.15, -0.1) is 0 Å². The van der Waals surface area contributed by atoms with Crippen LogP contribution >= 0.6 is 11.6 Å². The van der Waals surface area contributed by atoms with Crippen molar-refractivity contribution in [2.75, 3.05) is 6.61 Å². The van der Waals surface area contributed by atoms with Crippen LogP contribution in [0.15, 0.2) is 36.4 Å². The standard InChI is InChI=1S/C20H21ClO4/c1-12(2)17-8-7-16(9-13(17)3)25-11-15(22)10-14-5-4-6-18(19(14)21)20(23)24/h4-9,12H,10-11H2,1-3H3,(H,23,24). The minimum atomic E-state index is -1.11. The highest BCUT2D eigenvalue weighted by molar-refractivity contribution is 6.34. The van der Waals surface area contributed by atoms with Crippen LogP contribution in [0.5, 0.6) is 5.75 Å². The van der Waals surface area contributed by atoms with E-state index < -0.39 is 5.97 Å². The molecule has 0 unspecified atom stereocenters. The lowest BCUT2D eigenvalue weighted by atomic mass is 9.98. The van der Waals surface area contributed by atoms with Gasteiger partial charge in [0, 0.05) is 6.42 Å². The fourth-order valence-electron chi connectivity index (χ4n) is 2.69. The molecule has 0 amide bonds. The molecule has 0 saturated heterocycles. The summed E-state index contributed by atoms with van der Waals surface area (Å²) in [6.07, 6.45) is 0.0308. The fraction of sp³-hybridized carbons (Fsp3) is 0.300. The smallest absolute Gasteiger partial charge is 0.337 e. The van der Waals surface area contributed by atoms with Crippen molar-refractivity contribution >= 4 is 23.4 Å². The maximum absolute atomic E-state index is 12.1. The molecule has 25 heavy (non-hydrogen) atoms. The zero-order chi connectivity index (χ0) is 18.6. The molecule has 5 heteroatoms. The summed E-state index contributed by atoms with van der Waals surface area (Å²) in [7, 11) is 0. The number of ketones is 1. The van der Waals surface area contributed by atoms with Crippen LogP contribution in [-0.4, -0.2) is 23.5 Å². The van der Waals surface area contributed by atoms with E-state index in [1.54, 1.807) is 12.1 Å². The fourth-order valence-corrected chi connectivity index (χ4v) is 2.97. The lowest BCUT2D eigenvalue weighted by Gasteiger charge is -2.12. The molecule has 2 rings (SSSR count). The second kappa shape index (κ2) is 8.17. The van der Waals surface area contributed by atoms with Gasteiger partial charge in [-0.05, 0) is 47.7 Å². The number of carbonyl (C=O) groups excluding carboxylic acids is 1. The average molecular weight is 361 g/mol. The van der Waals surface area contributed by atoms with Gasteiger partial charge in [0.05, 0.1) is 10.6 Å². The highest BCUT2D eigenvalue weighted by Crippen LogP contribution is 2.24. The minimum absolute atomic E-state index is 0.00668. The van der Waals surface area contributed by atoms with Crippen LogP contribution in [0.3, 0.4) is 0 Å². The Hall–Kier alpha value is -2.33. The average Bonchev–Trinajstić information content (AvgIpc) is 2.54. The van der Waals surface area contributed by atoms with Crippen molar-refractivity contribution in [3.8, 4) is 5.75 Å². The molecule has 2 aromatic carbocycles. The van der Waals surface area contributed by atoms with Gasteiger partial charge >= 0.3 is 5.97 Å². The number of ether oxygens (including phenoxy) is 1. The quantitative estimate of drug-likeness (QED) is 0.779. The molecule has 0 heterocycles. The predicted molar refractivity (Wildman–Crippen MR) is 97.9 cm³/mol. The molecule has 0 bridgehead atoms. The first-order chi connectivity index (χ1) is 11.8. The predicted octanol–water partition coefficient (Wildman–Crippen LogP) is 4.66. The molecule has 0 radical (unpaired) electrons. The second-order valence-corrected chi connectivity index (χ2v) is 6.64. The van der Waals surface area contributed by atoms with E-state index in [1.165, 1.54) is 11.6 Å². The molecule has 0 fully saturated rings. The lowest BCUT2D eigenvalue weighted by molar-refractivity contribution is -0.120. The number of hydrogen-bond donors (Lipinski definition) is 1. The zero-order valence-electron chi connectivity index (χ0n) is 14.5. The maximum atomic E-state index is 12.1. The maximum Gasteiger partial charge on any atom is 0.337 e. The zero-order valence-corrected chi connectivity index (χ0v) is 15.3. The summed E-state index contributed by atoms with van der Waals surface area (Å²) in [6.45, 7) is 6.18. The molecule has 0 aliphatic rings. The molecule has 0 aromatic heterocycles. The Balaban J connectivity index is 2.01. The molecule has 0 spiro atoms. The van der Waals surface area contributed by atoms with Crippen molar-refractivity contribution in [2.24, 2.45) is 0 Å². The summed E-state index contributed by atoms with van der Waals surface area (Å²) in [5.41, 5.74) is 2.85. The van der Waals surface area contributed by atoms with Crippen molar-refractivity contribution in [3.63, 3.8) is 0 Å². The number of aromatic carboxylic acids is 1. The van der Waals surface area contributed by atoms with Gasteiger partial charge in [-0.25, -0.2) is 4.79 Å². The molecular weight excluding hydrogens is 340 g/mol. The Morgan fingerprint density at radius 3 is 2.52 bits per heavy atom. The van der Waals surface area contributed by atoms with Crippen LogP contribution in [0, 0.1) is 6.92 Å². The van der Waals surface area contributed by atoms with Crippen LogP contribution < -0.4 is 4.74 Å². The van der Waals surface area contributed by atoms with E-state index in [-0.39, 0.29) is 29.4 Å². The van der Waals surface area contributed by atoms with E-state index in [2.05, 4.69) is 13.8 Å². The normalized spacial score (nSPS) is 10.8. The summed E-state index contributed by atoms with van der Waals surface area (Å²) in [4.78, 5) is 23.2. The Labute approximate surface area is 152 Å². The summed E-state index contributed by atoms with van der Waals surface area (Å²) < 4.78 is 5.56. The van der Waals surface area contributed by atoms with Crippen LogP contribution in [-0.2, 0) is 11.2 Å². The third-order valence-corrected chi connectivity index (χ3v) is 4.41. The molecule has 4 nitrogen and oxygen atoms in total. The number of Topliss-reactive ketones (excluding diaryl/α,β-unsaturated/α-hetero) is 1. The number of rotatable bonds is 7. The van der Waals surface area contributed by atoms with Crippen molar-refractivity contribution in [2.45, 2.75) is 33.1 Å². The molecule has 132 valence electrons. The van der Waals surface area contributed by atoms with Crippen LogP contribution in [0.4, 0.5) is 0 Å². The number of benzene rings is 2. The Morgan fingerprint density at radius 1 is 1.20 bits per heavy atom. The SMILES string of the molecule is Cc1cc(OCC(=O)Cc2cccc(C(=O)O)c2Cl)ccc1C(C)C. The molecule has 0 atom stereocenters. The van der Waals surface area contributed by atoms with Gasteiger partial charge in [0.1, 0.15) is 12.4 Å². The largest absolute Gasteiger partial charge is 0.486 e. The van der Waals surface area contributed by atoms with Gasteiger partial charge in [-0.2, -0.15) is 0 Å². The number of hydrogen-bond acceptors (Lipinski definition) is 3. The monoisotopic (exact) mass is 360 g/mol. The summed E-state index contributed by atoms with van der Waals surface area (Å²) in [6, 6.07) is 10.4. The van der Waals surface area contributed by atoms with Gasteiger partial charge in [0.25, 0.3) is 0 Å². The highest BCUT2D eigenvalue weighted by Gasteiger charge is 2.15. The van der Waals surface area contributed by atoms with Crippen LogP contribution in [0.2, 0.25) is 5.02 Å². The highest BCUT2D eigenvalue weighted by atomic mass is 35.5. The number of carboxylic acid groups (broad SMARTS) is 1. The first-order valence-electron chi connectivity index (χ1n) is 8.05. The first-order valence-corrected chi connectivity index (χ1v) is 8.43. The summed E-state index contributed by atoms with van der Waals surface area (Å²) >= 11 is 6.06. The number of aryl methyl sites for hydroxylation is 1. The second-order valence-electron chi connectivity index (χ2n) is 6.26. The van der Waals surface area contributed by atoms with Gasteiger partial charge in [-0.1, -0.05) is 43.6 Å². The minimum Gasteiger partial charge on any atom is -0.486 e. The Bertz CT molecular complexity index is 796. The van der Waals surface area contributed by atoms with Gasteiger partial charge < -0.3 is 9.84 Å². The van der Waals surface area contributed by atoms with Crippen LogP contribution in [0.25, 0.3) is 0 Å². The topological polar surface area (TPSA) is 63.6 Å². The van der Waals surface area contributed by atoms with Crippen molar-refractivity contribution in [1.82, 2.24) is 0 Å². The Morgan fingerprint density at radius 2 is 1.92 bits per heavy atom. The summed E-state index contributed by atoms with van der Waals surface area (Å²) in [5.74, 6) is -0.216. The first kappa shape index (κ1) is 19.0. The molecule has 0 aliphatic carbocycles. The number of carboxylic acids is 1. The molecule has 2 aromatic rings. The third kappa shape index (κ3) is 4.83. The van der Waals surface area contributed by atoms with E-state index in [1.807, 2.05) is 25.1 Å². The van der Waals surface area contributed by atoms with E-state index in [0.29, 0.717) is 17.2 Å². The van der Waals surface area contributed by atoms with Crippen molar-refractivity contribution in [3.05, 3.63) is 63.7 Å². The van der Waals surface area contributed by atoms with Gasteiger partial charge in [0.2, 0.25) is 0 Å². The molecular formula is C20H21ClO4. The third-order valence-electron chi connectivity index (χ3n) is 3.96.